The van der Waals surface area contributed by atoms with E-state index in [4.69, 9.17) is 0 Å². The Morgan fingerprint density at radius 3 is 2.78 bits per heavy atom. The molecule has 0 saturated carbocycles. The number of allylic oxidation sites excluding steroid dienone is 1. The number of hydrogen-bond donors (Lipinski definition) is 0. The monoisotopic (exact) mass is 383 g/mol. The standard InChI is InChI=1S/C19H21N5O2S/c1-3-10-23-17(26)14-8-4-5-9-15(14)24-18(23)20-21-19(24)27-13(2)16(25)22-11-6-7-12-22/h3-5,8-9,13H,1,6-7,10-12H2,2H3. The molecule has 1 unspecified atom stereocenters. The van der Waals surface area contributed by atoms with Crippen LogP contribution >= 0.6 is 11.8 Å². The van der Waals surface area contributed by atoms with Gasteiger partial charge in [-0.25, -0.2) is 0 Å². The number of rotatable bonds is 5. The van der Waals surface area contributed by atoms with E-state index in [-0.39, 0.29) is 16.7 Å². The summed E-state index contributed by atoms with van der Waals surface area (Å²) >= 11 is 1.38. The molecule has 7 nitrogen and oxygen atoms in total. The number of nitrogens with zero attached hydrogens (tertiary/aromatic N) is 5. The second kappa shape index (κ2) is 7.19. The van der Waals surface area contributed by atoms with Crippen molar-refractivity contribution in [1.29, 1.82) is 0 Å². The molecule has 0 radical (unpaired) electrons. The average Bonchev–Trinajstić information content (AvgIpc) is 3.35. The first-order valence-corrected chi connectivity index (χ1v) is 9.93. The van der Waals surface area contributed by atoms with Gasteiger partial charge in [0, 0.05) is 19.6 Å². The predicted octanol–water partition coefficient (Wildman–Crippen LogP) is 2.33. The minimum absolute atomic E-state index is 0.122. The van der Waals surface area contributed by atoms with Crippen molar-refractivity contribution in [2.45, 2.75) is 36.7 Å². The van der Waals surface area contributed by atoms with Crippen LogP contribution in [0, 0.1) is 0 Å². The van der Waals surface area contributed by atoms with Crippen LogP contribution in [0.3, 0.4) is 0 Å². The highest BCUT2D eigenvalue weighted by atomic mass is 32.2. The highest BCUT2D eigenvalue weighted by Crippen LogP contribution is 2.26. The fourth-order valence-electron chi connectivity index (χ4n) is 3.51. The number of carbonyl (C=O) groups excluding carboxylic acids is 1. The first-order valence-electron chi connectivity index (χ1n) is 9.05. The molecule has 3 aromatic rings. The lowest BCUT2D eigenvalue weighted by atomic mass is 10.2. The van der Waals surface area contributed by atoms with Crippen molar-refractivity contribution >= 4 is 34.3 Å². The minimum Gasteiger partial charge on any atom is -0.342 e. The summed E-state index contributed by atoms with van der Waals surface area (Å²) in [5.74, 6) is 0.583. The van der Waals surface area contributed by atoms with Crippen LogP contribution in [0.25, 0.3) is 16.7 Å². The zero-order valence-electron chi connectivity index (χ0n) is 15.2. The molecule has 140 valence electrons. The molecule has 2 aromatic heterocycles. The minimum atomic E-state index is -0.269. The maximum absolute atomic E-state index is 12.8. The summed E-state index contributed by atoms with van der Waals surface area (Å²) in [6.07, 6.45) is 3.79. The molecule has 0 N–H and O–H groups in total. The fourth-order valence-corrected chi connectivity index (χ4v) is 4.45. The van der Waals surface area contributed by atoms with E-state index in [2.05, 4.69) is 16.8 Å². The van der Waals surface area contributed by atoms with Gasteiger partial charge >= 0.3 is 0 Å². The quantitative estimate of drug-likeness (QED) is 0.499. The number of amides is 1. The van der Waals surface area contributed by atoms with Crippen LogP contribution in [0.5, 0.6) is 0 Å². The van der Waals surface area contributed by atoms with E-state index >= 15 is 0 Å². The lowest BCUT2D eigenvalue weighted by Gasteiger charge is -2.19. The predicted molar refractivity (Wildman–Crippen MR) is 106 cm³/mol. The normalized spacial score (nSPS) is 15.5. The lowest BCUT2D eigenvalue weighted by Crippen LogP contribution is -2.34. The summed E-state index contributed by atoms with van der Waals surface area (Å²) in [5.41, 5.74) is 0.620. The van der Waals surface area contributed by atoms with Gasteiger partial charge in [-0.1, -0.05) is 30.0 Å². The summed E-state index contributed by atoms with van der Waals surface area (Å²) in [7, 11) is 0. The van der Waals surface area contributed by atoms with E-state index in [0.717, 1.165) is 31.4 Å². The first kappa shape index (κ1) is 17.8. The number of hydrogen-bond acceptors (Lipinski definition) is 5. The van der Waals surface area contributed by atoms with Gasteiger partial charge in [0.05, 0.1) is 16.2 Å². The van der Waals surface area contributed by atoms with Crippen LogP contribution in [0.15, 0.2) is 46.9 Å². The van der Waals surface area contributed by atoms with Crippen LogP contribution in [-0.2, 0) is 11.3 Å². The lowest BCUT2D eigenvalue weighted by molar-refractivity contribution is -0.129. The second-order valence-electron chi connectivity index (χ2n) is 6.63. The largest absolute Gasteiger partial charge is 0.342 e. The van der Waals surface area contributed by atoms with Crippen LogP contribution in [0.1, 0.15) is 19.8 Å². The highest BCUT2D eigenvalue weighted by Gasteiger charge is 2.26. The molecule has 1 aliphatic rings. The Balaban J connectivity index is 1.81. The topological polar surface area (TPSA) is 72.5 Å². The molecular formula is C19H21N5O2S. The van der Waals surface area contributed by atoms with Crippen molar-refractivity contribution in [3.05, 3.63) is 47.3 Å². The van der Waals surface area contributed by atoms with Crippen LogP contribution in [-0.4, -0.2) is 48.3 Å². The molecule has 8 heteroatoms. The zero-order valence-corrected chi connectivity index (χ0v) is 16.0. The number of benzene rings is 1. The van der Waals surface area contributed by atoms with Crippen molar-refractivity contribution in [2.75, 3.05) is 13.1 Å². The second-order valence-corrected chi connectivity index (χ2v) is 7.94. The van der Waals surface area contributed by atoms with E-state index in [1.807, 2.05) is 34.4 Å². The maximum atomic E-state index is 12.8. The molecule has 27 heavy (non-hydrogen) atoms. The molecule has 0 spiro atoms. The van der Waals surface area contributed by atoms with E-state index in [1.54, 1.807) is 16.7 Å². The van der Waals surface area contributed by atoms with Gasteiger partial charge < -0.3 is 4.90 Å². The fraction of sp³-hybridized carbons (Fsp3) is 0.368. The Kier molecular flexibility index (Phi) is 4.73. The smallest absolute Gasteiger partial charge is 0.263 e. The zero-order chi connectivity index (χ0) is 19.0. The van der Waals surface area contributed by atoms with Gasteiger partial charge in [-0.15, -0.1) is 16.8 Å². The molecule has 1 amide bonds. The van der Waals surface area contributed by atoms with Gasteiger partial charge in [-0.2, -0.15) is 0 Å². The van der Waals surface area contributed by atoms with E-state index in [9.17, 15) is 9.59 Å². The summed E-state index contributed by atoms with van der Waals surface area (Å²) in [4.78, 5) is 27.4. The van der Waals surface area contributed by atoms with E-state index < -0.39 is 0 Å². The molecule has 4 rings (SSSR count). The highest BCUT2D eigenvalue weighted by molar-refractivity contribution is 8.00. The van der Waals surface area contributed by atoms with Gasteiger partial charge in [0.15, 0.2) is 5.16 Å². The van der Waals surface area contributed by atoms with Crippen LogP contribution < -0.4 is 5.56 Å². The molecule has 1 aromatic carbocycles. The van der Waals surface area contributed by atoms with Gasteiger partial charge in [0.2, 0.25) is 11.7 Å². The Bertz CT molecular complexity index is 1080. The summed E-state index contributed by atoms with van der Waals surface area (Å²) in [6.45, 7) is 7.63. The Hall–Kier alpha value is -2.61. The third kappa shape index (κ3) is 3.03. The first-order chi connectivity index (χ1) is 13.1. The maximum Gasteiger partial charge on any atom is 0.263 e. The number of carbonyl (C=O) groups is 1. The summed E-state index contributed by atoms with van der Waals surface area (Å²) in [5, 5.41) is 9.46. The number of likely N-dealkylation sites (tertiary alicyclic amines) is 1. The van der Waals surface area contributed by atoms with Crippen molar-refractivity contribution in [1.82, 2.24) is 24.1 Å². The van der Waals surface area contributed by atoms with Gasteiger partial charge in [-0.3, -0.25) is 18.6 Å². The van der Waals surface area contributed by atoms with Crippen LogP contribution in [0.2, 0.25) is 0 Å². The van der Waals surface area contributed by atoms with Gasteiger partial charge in [0.1, 0.15) is 0 Å². The summed E-state index contributed by atoms with van der Waals surface area (Å²) < 4.78 is 3.41. The van der Waals surface area contributed by atoms with Crippen LogP contribution in [0.4, 0.5) is 0 Å². The van der Waals surface area contributed by atoms with E-state index in [0.29, 0.717) is 22.9 Å². The number of aromatic nitrogens is 4. The van der Waals surface area contributed by atoms with Crippen molar-refractivity contribution in [3.63, 3.8) is 0 Å². The molecule has 3 heterocycles. The molecule has 1 aliphatic heterocycles. The van der Waals surface area contributed by atoms with Crippen molar-refractivity contribution < 1.29 is 4.79 Å². The Labute approximate surface area is 160 Å². The van der Waals surface area contributed by atoms with Crippen molar-refractivity contribution in [2.24, 2.45) is 0 Å². The average molecular weight is 383 g/mol. The molecule has 0 bridgehead atoms. The third-order valence-electron chi connectivity index (χ3n) is 4.84. The number of para-hydroxylation sites is 1. The van der Waals surface area contributed by atoms with Gasteiger partial charge in [0.25, 0.3) is 5.56 Å². The summed E-state index contributed by atoms with van der Waals surface area (Å²) in [6, 6.07) is 7.39. The Morgan fingerprint density at radius 2 is 2.04 bits per heavy atom. The SMILES string of the molecule is C=CCn1c(=O)c2ccccc2n2c(SC(C)C(=O)N3CCCC3)nnc12. The molecule has 1 saturated heterocycles. The molecule has 1 atom stereocenters. The van der Waals surface area contributed by atoms with Crippen molar-refractivity contribution in [3.8, 4) is 0 Å². The third-order valence-corrected chi connectivity index (χ3v) is 5.87. The number of thioether (sulfide) groups is 1. The van der Waals surface area contributed by atoms with Gasteiger partial charge in [-0.05, 0) is 31.9 Å². The molecular weight excluding hydrogens is 362 g/mol. The van der Waals surface area contributed by atoms with E-state index in [1.165, 1.54) is 11.8 Å². The molecule has 0 aliphatic carbocycles. The number of fused-ring (bicyclic) bond motifs is 3. The Morgan fingerprint density at radius 1 is 1.30 bits per heavy atom. The molecule has 1 fully saturated rings.